The quantitative estimate of drug-likeness (QED) is 0.686. The van der Waals surface area contributed by atoms with Crippen molar-refractivity contribution in [2.24, 2.45) is 0 Å². The van der Waals surface area contributed by atoms with Gasteiger partial charge in [-0.1, -0.05) is 0 Å². The molecule has 100 valence electrons. The predicted octanol–water partition coefficient (Wildman–Crippen LogP) is 1.34. The first kappa shape index (κ1) is 14.3. The molecular weight excluding hydrogens is 234 g/mol. The summed E-state index contributed by atoms with van der Waals surface area (Å²) in [7, 11) is 6.64. The van der Waals surface area contributed by atoms with Crippen LogP contribution in [0.1, 0.15) is 5.56 Å². The Bertz CT molecular complexity index is 381. The number of hydrogen-bond donors (Lipinski definition) is 0. The van der Waals surface area contributed by atoms with Crippen LogP contribution in [0.25, 0.3) is 0 Å². The van der Waals surface area contributed by atoms with Crippen molar-refractivity contribution in [2.75, 3.05) is 34.9 Å². The number of benzene rings is 1. The van der Waals surface area contributed by atoms with Crippen LogP contribution in [0.5, 0.6) is 17.2 Å². The average molecular weight is 253 g/mol. The van der Waals surface area contributed by atoms with Gasteiger partial charge in [0.1, 0.15) is 23.5 Å². The number of hydrogen-bond acceptors (Lipinski definition) is 5. The fourth-order valence-electron chi connectivity index (χ4n) is 1.70. The Kier molecular flexibility index (Phi) is 5.45. The lowest BCUT2D eigenvalue weighted by Gasteiger charge is -2.19. The van der Waals surface area contributed by atoms with Crippen molar-refractivity contribution >= 4 is 6.29 Å². The smallest absolute Gasteiger partial charge is 0.133 e. The van der Waals surface area contributed by atoms with Crippen LogP contribution < -0.4 is 14.2 Å². The molecule has 0 amide bonds. The largest absolute Gasteiger partial charge is 0.496 e. The standard InChI is InChI=1S/C13H19NO4/c1-14(5-6-15)9-11-12(17-3)7-10(16-2)8-13(11)18-4/h6-8H,5,9H2,1-4H3. The molecule has 5 nitrogen and oxygen atoms in total. The summed E-state index contributed by atoms with van der Waals surface area (Å²) in [5.41, 5.74) is 0.894. The lowest BCUT2D eigenvalue weighted by Crippen LogP contribution is -2.20. The molecule has 0 aromatic heterocycles. The first-order valence-corrected chi connectivity index (χ1v) is 5.57. The van der Waals surface area contributed by atoms with E-state index in [1.807, 2.05) is 11.9 Å². The fourth-order valence-corrected chi connectivity index (χ4v) is 1.70. The molecular formula is C13H19NO4. The first-order chi connectivity index (χ1) is 8.65. The molecule has 0 saturated heterocycles. The summed E-state index contributed by atoms with van der Waals surface area (Å²) >= 11 is 0. The minimum absolute atomic E-state index is 0.359. The van der Waals surface area contributed by atoms with Gasteiger partial charge in [-0.2, -0.15) is 0 Å². The Morgan fingerprint density at radius 3 is 2.06 bits per heavy atom. The van der Waals surface area contributed by atoms with Crippen LogP contribution in [0.15, 0.2) is 12.1 Å². The summed E-state index contributed by atoms with van der Waals surface area (Å²) in [6.07, 6.45) is 0.864. The Labute approximate surface area is 107 Å². The van der Waals surface area contributed by atoms with Crippen LogP contribution in [-0.2, 0) is 11.3 Å². The molecule has 0 unspecified atom stereocenters. The van der Waals surface area contributed by atoms with E-state index in [0.29, 0.717) is 30.3 Å². The van der Waals surface area contributed by atoms with Gasteiger partial charge in [0.15, 0.2) is 0 Å². The number of carbonyl (C=O) groups is 1. The maximum Gasteiger partial charge on any atom is 0.133 e. The van der Waals surface area contributed by atoms with Gasteiger partial charge in [0, 0.05) is 18.7 Å². The molecule has 0 bridgehead atoms. The van der Waals surface area contributed by atoms with E-state index in [1.54, 1.807) is 33.5 Å². The van der Waals surface area contributed by atoms with Crippen molar-refractivity contribution in [3.8, 4) is 17.2 Å². The van der Waals surface area contributed by atoms with E-state index < -0.39 is 0 Å². The third kappa shape index (κ3) is 3.37. The summed E-state index contributed by atoms with van der Waals surface area (Å²) in [6, 6.07) is 3.60. The van der Waals surface area contributed by atoms with Crippen LogP contribution in [0.4, 0.5) is 0 Å². The van der Waals surface area contributed by atoms with Crippen molar-refractivity contribution in [1.82, 2.24) is 4.90 Å². The molecule has 0 heterocycles. The summed E-state index contributed by atoms with van der Waals surface area (Å²) in [5, 5.41) is 0. The van der Waals surface area contributed by atoms with Crippen LogP contribution in [0.2, 0.25) is 0 Å². The maximum absolute atomic E-state index is 10.5. The molecule has 0 N–H and O–H groups in total. The molecule has 0 fully saturated rings. The number of methoxy groups -OCH3 is 3. The molecule has 1 rings (SSSR count). The van der Waals surface area contributed by atoms with Crippen LogP contribution in [0.3, 0.4) is 0 Å². The van der Waals surface area contributed by atoms with E-state index in [4.69, 9.17) is 14.2 Å². The third-order valence-electron chi connectivity index (χ3n) is 2.63. The van der Waals surface area contributed by atoms with Gasteiger partial charge in [-0.3, -0.25) is 4.90 Å². The minimum atomic E-state index is 0.359. The highest BCUT2D eigenvalue weighted by Gasteiger charge is 2.14. The van der Waals surface area contributed by atoms with Crippen molar-refractivity contribution < 1.29 is 19.0 Å². The molecule has 0 saturated carbocycles. The van der Waals surface area contributed by atoms with Gasteiger partial charge in [0.2, 0.25) is 0 Å². The number of rotatable bonds is 7. The lowest BCUT2D eigenvalue weighted by atomic mass is 10.1. The molecule has 5 heteroatoms. The number of likely N-dealkylation sites (N-methyl/N-ethyl adjacent to an activating group) is 1. The molecule has 0 aliphatic heterocycles. The first-order valence-electron chi connectivity index (χ1n) is 5.57. The fraction of sp³-hybridized carbons (Fsp3) is 0.462. The minimum Gasteiger partial charge on any atom is -0.496 e. The van der Waals surface area contributed by atoms with E-state index in [-0.39, 0.29) is 0 Å². The summed E-state index contributed by atoms with van der Waals surface area (Å²) < 4.78 is 15.8. The van der Waals surface area contributed by atoms with Crippen molar-refractivity contribution in [3.63, 3.8) is 0 Å². The molecule has 0 spiro atoms. The molecule has 0 aliphatic carbocycles. The molecule has 0 aliphatic rings. The highest BCUT2D eigenvalue weighted by atomic mass is 16.5. The number of aldehydes is 1. The summed E-state index contributed by atoms with van der Waals surface area (Å²) in [5.74, 6) is 2.04. The van der Waals surface area contributed by atoms with Gasteiger partial charge in [-0.15, -0.1) is 0 Å². The zero-order valence-electron chi connectivity index (χ0n) is 11.2. The van der Waals surface area contributed by atoms with Gasteiger partial charge in [-0.25, -0.2) is 0 Å². The Morgan fingerprint density at radius 2 is 1.67 bits per heavy atom. The van der Waals surface area contributed by atoms with Crippen LogP contribution in [0, 0.1) is 0 Å². The Balaban J connectivity index is 3.10. The second-order valence-electron chi connectivity index (χ2n) is 3.87. The topological polar surface area (TPSA) is 48.0 Å². The van der Waals surface area contributed by atoms with Gasteiger partial charge in [0.05, 0.1) is 33.4 Å². The zero-order valence-corrected chi connectivity index (χ0v) is 11.2. The van der Waals surface area contributed by atoms with Crippen molar-refractivity contribution in [2.45, 2.75) is 6.54 Å². The predicted molar refractivity (Wildman–Crippen MR) is 68.5 cm³/mol. The third-order valence-corrected chi connectivity index (χ3v) is 2.63. The number of carbonyl (C=O) groups excluding carboxylic acids is 1. The van der Waals surface area contributed by atoms with Gasteiger partial charge in [0.25, 0.3) is 0 Å². The summed E-state index contributed by atoms with van der Waals surface area (Å²) in [4.78, 5) is 12.4. The van der Waals surface area contributed by atoms with Gasteiger partial charge < -0.3 is 19.0 Å². The van der Waals surface area contributed by atoms with E-state index in [2.05, 4.69) is 0 Å². The average Bonchev–Trinajstić information content (AvgIpc) is 2.39. The van der Waals surface area contributed by atoms with E-state index >= 15 is 0 Å². The molecule has 0 radical (unpaired) electrons. The molecule has 1 aromatic carbocycles. The van der Waals surface area contributed by atoms with Gasteiger partial charge >= 0.3 is 0 Å². The number of nitrogens with zero attached hydrogens (tertiary/aromatic N) is 1. The monoisotopic (exact) mass is 253 g/mol. The Hall–Kier alpha value is -1.75. The zero-order chi connectivity index (χ0) is 13.5. The molecule has 18 heavy (non-hydrogen) atoms. The lowest BCUT2D eigenvalue weighted by molar-refractivity contribution is -0.108. The maximum atomic E-state index is 10.5. The second-order valence-corrected chi connectivity index (χ2v) is 3.87. The second kappa shape index (κ2) is 6.86. The van der Waals surface area contributed by atoms with E-state index in [1.165, 1.54) is 0 Å². The van der Waals surface area contributed by atoms with E-state index in [0.717, 1.165) is 11.8 Å². The summed E-state index contributed by atoms with van der Waals surface area (Å²) in [6.45, 7) is 0.924. The molecule has 1 aromatic rings. The van der Waals surface area contributed by atoms with E-state index in [9.17, 15) is 4.79 Å². The highest BCUT2D eigenvalue weighted by Crippen LogP contribution is 2.34. The molecule has 0 atom stereocenters. The SMILES string of the molecule is COc1cc(OC)c(CN(C)CC=O)c(OC)c1. The van der Waals surface area contributed by atoms with Crippen molar-refractivity contribution in [3.05, 3.63) is 17.7 Å². The number of ether oxygens (including phenoxy) is 3. The normalized spacial score (nSPS) is 10.3. The van der Waals surface area contributed by atoms with Crippen LogP contribution in [-0.4, -0.2) is 46.1 Å². The van der Waals surface area contributed by atoms with Crippen molar-refractivity contribution in [1.29, 1.82) is 0 Å². The van der Waals surface area contributed by atoms with Crippen LogP contribution >= 0.6 is 0 Å². The van der Waals surface area contributed by atoms with Gasteiger partial charge in [-0.05, 0) is 7.05 Å². The Morgan fingerprint density at radius 1 is 1.11 bits per heavy atom. The highest BCUT2D eigenvalue weighted by molar-refractivity contribution is 5.53.